The van der Waals surface area contributed by atoms with Crippen LogP contribution in [0.3, 0.4) is 0 Å². The number of anilines is 1. The number of benzene rings is 1. The number of aromatic amines is 1. The van der Waals surface area contributed by atoms with E-state index in [-0.39, 0.29) is 0 Å². The highest BCUT2D eigenvalue weighted by atomic mass is 15.4. The summed E-state index contributed by atoms with van der Waals surface area (Å²) in [6, 6.07) is 23.0. The number of aromatic nitrogens is 5. The molecule has 1 N–H and O–H groups in total. The zero-order valence-corrected chi connectivity index (χ0v) is 23.4. The van der Waals surface area contributed by atoms with Gasteiger partial charge in [-0.05, 0) is 73.4 Å². The topological polar surface area (TPSA) is 65.9 Å². The Hall–Kier alpha value is -4.23. The Morgan fingerprint density at radius 3 is 2.42 bits per heavy atom. The molecule has 5 aromatic rings. The summed E-state index contributed by atoms with van der Waals surface area (Å²) in [5, 5.41) is 7.46. The summed E-state index contributed by atoms with van der Waals surface area (Å²) in [6.07, 6.45) is 8.23. The fourth-order valence-corrected chi connectivity index (χ4v) is 6.39. The van der Waals surface area contributed by atoms with E-state index in [1.807, 2.05) is 19.3 Å². The lowest BCUT2D eigenvalue weighted by Crippen LogP contribution is -2.68. The fraction of sp³-hybridized carbons (Fsp3) is 0.303. The lowest BCUT2D eigenvalue weighted by atomic mass is 9.87. The molecule has 3 fully saturated rings. The molecule has 0 saturated carbocycles. The Morgan fingerprint density at radius 2 is 1.75 bits per heavy atom. The summed E-state index contributed by atoms with van der Waals surface area (Å²) >= 11 is 0. The minimum Gasteiger partial charge on any atom is -0.353 e. The van der Waals surface area contributed by atoms with Crippen molar-refractivity contribution in [1.29, 1.82) is 0 Å². The van der Waals surface area contributed by atoms with Gasteiger partial charge in [-0.3, -0.25) is 15.0 Å². The summed E-state index contributed by atoms with van der Waals surface area (Å²) in [5.41, 5.74) is 10.5. The first kappa shape index (κ1) is 24.8. The zero-order valence-electron chi connectivity index (χ0n) is 23.4. The zero-order chi connectivity index (χ0) is 27.2. The molecule has 2 unspecified atom stereocenters. The lowest BCUT2D eigenvalue weighted by molar-refractivity contribution is -0.00874. The van der Waals surface area contributed by atoms with Crippen molar-refractivity contribution < 1.29 is 0 Å². The van der Waals surface area contributed by atoms with E-state index in [0.29, 0.717) is 12.1 Å². The summed E-state index contributed by atoms with van der Waals surface area (Å²) in [5.74, 6) is 1.08. The molecular formula is C33H35N7. The smallest absolute Gasteiger partial charge is 0.128 e. The van der Waals surface area contributed by atoms with Crippen LogP contribution in [0.2, 0.25) is 0 Å². The molecule has 40 heavy (non-hydrogen) atoms. The third-order valence-electron chi connectivity index (χ3n) is 8.43. The molecule has 0 spiro atoms. The molecule has 0 aliphatic carbocycles. The second-order valence-electron chi connectivity index (χ2n) is 11.5. The van der Waals surface area contributed by atoms with Crippen molar-refractivity contribution >= 4 is 5.82 Å². The van der Waals surface area contributed by atoms with Crippen LogP contribution in [0.25, 0.3) is 22.5 Å². The number of hydrogen-bond acceptors (Lipinski definition) is 5. The van der Waals surface area contributed by atoms with Crippen LogP contribution >= 0.6 is 0 Å². The van der Waals surface area contributed by atoms with E-state index in [4.69, 9.17) is 9.97 Å². The minimum absolute atomic E-state index is 0.567. The van der Waals surface area contributed by atoms with Crippen molar-refractivity contribution in [1.82, 2.24) is 29.6 Å². The average molecular weight is 530 g/mol. The Balaban J connectivity index is 0.994. The van der Waals surface area contributed by atoms with Crippen LogP contribution in [0.5, 0.6) is 0 Å². The van der Waals surface area contributed by atoms with Gasteiger partial charge in [0.25, 0.3) is 0 Å². The lowest BCUT2D eigenvalue weighted by Gasteiger charge is -2.56. The standard InChI is InChI=1S/C33H35N7/c1-22-11-25(15-28-13-23(2)36-37-28)14-27(12-22)26-7-9-33(35-18-26)39-20-29-16-30(21-39)40(29)19-24-6-8-31(34-17-24)32-5-4-10-38(32)3/h4-14,17-18,29-30H,15-16,19-21H2,1-3H3,(H,36,37). The Bertz CT molecular complexity index is 1620. The van der Waals surface area contributed by atoms with Crippen LogP contribution in [-0.4, -0.2) is 54.8 Å². The Morgan fingerprint density at radius 1 is 0.875 bits per heavy atom. The molecule has 7 nitrogen and oxygen atoms in total. The molecule has 3 saturated heterocycles. The highest BCUT2D eigenvalue weighted by Gasteiger charge is 2.44. The third kappa shape index (κ3) is 4.82. The van der Waals surface area contributed by atoms with Gasteiger partial charge < -0.3 is 9.47 Å². The summed E-state index contributed by atoms with van der Waals surface area (Å²) in [7, 11) is 2.06. The van der Waals surface area contributed by atoms with E-state index in [1.165, 1.54) is 28.7 Å². The largest absolute Gasteiger partial charge is 0.353 e. The van der Waals surface area contributed by atoms with Crippen molar-refractivity contribution in [3.8, 4) is 22.5 Å². The number of hydrogen-bond donors (Lipinski definition) is 1. The highest BCUT2D eigenvalue weighted by molar-refractivity contribution is 5.66. The predicted octanol–water partition coefficient (Wildman–Crippen LogP) is 5.54. The average Bonchev–Trinajstić information content (AvgIpc) is 3.59. The number of piperidine rings is 1. The SMILES string of the molecule is Cc1cc(Cc2cc(C)[nH]n2)cc(-c2ccc(N3CC4CC(C3)N4Cc3ccc(-c4cccn4C)nc3)nc2)c1. The molecule has 4 aromatic heterocycles. The quantitative estimate of drug-likeness (QED) is 0.300. The second kappa shape index (κ2) is 10.1. The van der Waals surface area contributed by atoms with Crippen molar-refractivity contribution in [2.45, 2.75) is 45.3 Å². The first-order valence-electron chi connectivity index (χ1n) is 14.1. The van der Waals surface area contributed by atoms with E-state index in [1.54, 1.807) is 0 Å². The van der Waals surface area contributed by atoms with Gasteiger partial charge in [-0.1, -0.05) is 29.8 Å². The van der Waals surface area contributed by atoms with Crippen molar-refractivity contribution in [3.05, 3.63) is 107 Å². The number of nitrogens with zero attached hydrogens (tertiary/aromatic N) is 6. The summed E-state index contributed by atoms with van der Waals surface area (Å²) < 4.78 is 2.11. The Labute approximate surface area is 235 Å². The van der Waals surface area contributed by atoms with Gasteiger partial charge in [0.1, 0.15) is 5.82 Å². The van der Waals surface area contributed by atoms with Crippen molar-refractivity contribution in [2.75, 3.05) is 18.0 Å². The molecule has 3 aliphatic heterocycles. The van der Waals surface area contributed by atoms with Crippen LogP contribution in [0, 0.1) is 13.8 Å². The number of piperazine rings is 1. The van der Waals surface area contributed by atoms with Gasteiger partial charge in [0.2, 0.25) is 0 Å². The van der Waals surface area contributed by atoms with E-state index in [9.17, 15) is 0 Å². The van der Waals surface area contributed by atoms with Crippen LogP contribution in [-0.2, 0) is 20.0 Å². The van der Waals surface area contributed by atoms with E-state index < -0.39 is 0 Å². The molecule has 0 radical (unpaired) electrons. The molecule has 2 atom stereocenters. The molecule has 1 aromatic carbocycles. The van der Waals surface area contributed by atoms with Gasteiger partial charge in [-0.2, -0.15) is 5.10 Å². The van der Waals surface area contributed by atoms with Gasteiger partial charge in [0, 0.05) is 75.0 Å². The summed E-state index contributed by atoms with van der Waals surface area (Å²) in [4.78, 5) is 14.7. The fourth-order valence-electron chi connectivity index (χ4n) is 6.39. The number of H-pyrrole nitrogens is 1. The van der Waals surface area contributed by atoms with Gasteiger partial charge >= 0.3 is 0 Å². The van der Waals surface area contributed by atoms with Crippen molar-refractivity contribution in [2.24, 2.45) is 7.05 Å². The maximum absolute atomic E-state index is 4.91. The number of rotatable bonds is 7. The normalized spacial score (nSPS) is 18.6. The number of pyridine rings is 2. The molecule has 7 heteroatoms. The summed E-state index contributed by atoms with van der Waals surface area (Å²) in [6.45, 7) is 7.20. The number of fused-ring (bicyclic) bond motifs is 2. The van der Waals surface area contributed by atoms with Crippen LogP contribution < -0.4 is 4.90 Å². The van der Waals surface area contributed by atoms with Gasteiger partial charge in [-0.25, -0.2) is 4.98 Å². The van der Waals surface area contributed by atoms with Crippen LogP contribution in [0.15, 0.2) is 79.3 Å². The second-order valence-corrected chi connectivity index (χ2v) is 11.5. The molecule has 2 bridgehead atoms. The van der Waals surface area contributed by atoms with E-state index in [0.717, 1.165) is 60.2 Å². The van der Waals surface area contributed by atoms with Crippen molar-refractivity contribution in [3.63, 3.8) is 0 Å². The monoisotopic (exact) mass is 529 g/mol. The minimum atomic E-state index is 0.567. The molecule has 3 aliphatic rings. The molecular weight excluding hydrogens is 494 g/mol. The predicted molar refractivity (Wildman–Crippen MR) is 159 cm³/mol. The Kier molecular flexibility index (Phi) is 6.24. The molecule has 202 valence electrons. The molecule has 0 amide bonds. The first-order valence-corrected chi connectivity index (χ1v) is 14.1. The number of nitrogens with one attached hydrogen (secondary N) is 1. The maximum atomic E-state index is 4.91. The third-order valence-corrected chi connectivity index (χ3v) is 8.43. The van der Waals surface area contributed by atoms with Gasteiger partial charge in [0.15, 0.2) is 0 Å². The van der Waals surface area contributed by atoms with Gasteiger partial charge in [-0.15, -0.1) is 0 Å². The number of aryl methyl sites for hydroxylation is 3. The van der Waals surface area contributed by atoms with E-state index in [2.05, 4.69) is 105 Å². The van der Waals surface area contributed by atoms with Gasteiger partial charge in [0.05, 0.1) is 17.1 Å². The van der Waals surface area contributed by atoms with Crippen LogP contribution in [0.1, 0.15) is 34.5 Å². The molecule has 8 rings (SSSR count). The first-order chi connectivity index (χ1) is 19.5. The van der Waals surface area contributed by atoms with Crippen LogP contribution in [0.4, 0.5) is 5.82 Å². The highest BCUT2D eigenvalue weighted by Crippen LogP contribution is 2.36. The maximum Gasteiger partial charge on any atom is 0.128 e. The molecule has 7 heterocycles. The van der Waals surface area contributed by atoms with E-state index >= 15 is 0 Å².